The molecule has 0 bridgehead atoms. The zero-order chi connectivity index (χ0) is 28.7. The van der Waals surface area contributed by atoms with Crippen molar-refractivity contribution in [2.75, 3.05) is 48.4 Å². The summed E-state index contributed by atoms with van der Waals surface area (Å²) in [7, 11) is 1.59. The molecule has 3 aromatic rings. The van der Waals surface area contributed by atoms with Crippen LogP contribution in [0.2, 0.25) is 0 Å². The van der Waals surface area contributed by atoms with Crippen molar-refractivity contribution in [3.63, 3.8) is 0 Å². The summed E-state index contributed by atoms with van der Waals surface area (Å²) in [6, 6.07) is 16.1. The van der Waals surface area contributed by atoms with Crippen LogP contribution in [-0.2, 0) is 20.7 Å². The molecular weight excluding hydrogens is 527 g/mol. The smallest absolute Gasteiger partial charge is 0.335 e. The Balaban J connectivity index is 1.35. The van der Waals surface area contributed by atoms with E-state index in [-0.39, 0.29) is 23.5 Å². The molecule has 0 aromatic heterocycles. The van der Waals surface area contributed by atoms with Crippen LogP contribution >= 0.6 is 0 Å². The number of carbonyl (C=O) groups is 3. The quantitative estimate of drug-likeness (QED) is 0.397. The van der Waals surface area contributed by atoms with E-state index in [1.807, 2.05) is 18.2 Å². The Morgan fingerprint density at radius 1 is 1.07 bits per heavy atom. The molecule has 210 valence electrons. The van der Waals surface area contributed by atoms with Crippen LogP contribution in [0.3, 0.4) is 0 Å². The number of aromatic carboxylic acids is 1. The summed E-state index contributed by atoms with van der Waals surface area (Å²) in [5.74, 6) is -1.79. The van der Waals surface area contributed by atoms with Crippen molar-refractivity contribution < 1.29 is 28.6 Å². The predicted molar refractivity (Wildman–Crippen MR) is 153 cm³/mol. The van der Waals surface area contributed by atoms with Gasteiger partial charge in [0, 0.05) is 43.6 Å². The fourth-order valence-corrected chi connectivity index (χ4v) is 5.62. The predicted octanol–water partition coefficient (Wildman–Crippen LogP) is 3.75. The average molecular weight is 557 g/mol. The molecule has 0 saturated carbocycles. The first-order valence-corrected chi connectivity index (χ1v) is 13.5. The number of hydrogen-bond acceptors (Lipinski definition) is 6. The minimum absolute atomic E-state index is 0.0178. The third-order valence-electron chi connectivity index (χ3n) is 7.73. The van der Waals surface area contributed by atoms with Gasteiger partial charge in [0.05, 0.1) is 41.7 Å². The number of likely N-dealkylation sites (N-methyl/N-ethyl adjacent to an activating group) is 1. The zero-order valence-electron chi connectivity index (χ0n) is 22.4. The maximum atomic E-state index is 13.8. The van der Waals surface area contributed by atoms with E-state index in [1.165, 1.54) is 29.2 Å². The molecule has 6 rings (SSSR count). The number of amides is 2. The lowest BCUT2D eigenvalue weighted by atomic mass is 9.98. The lowest BCUT2D eigenvalue weighted by Gasteiger charge is -2.25. The number of morpholine rings is 1. The summed E-state index contributed by atoms with van der Waals surface area (Å²) in [5, 5.41) is 16.1. The highest BCUT2D eigenvalue weighted by atomic mass is 19.1. The molecule has 2 amide bonds. The third kappa shape index (κ3) is 5.07. The topological polar surface area (TPSA) is 111 Å². The highest BCUT2D eigenvalue weighted by Gasteiger charge is 2.34. The minimum atomic E-state index is -1.09. The molecule has 1 saturated heterocycles. The van der Waals surface area contributed by atoms with E-state index in [0.29, 0.717) is 66.3 Å². The van der Waals surface area contributed by atoms with Gasteiger partial charge in [-0.3, -0.25) is 9.59 Å². The number of rotatable bonds is 6. The molecule has 0 aliphatic carbocycles. The molecule has 41 heavy (non-hydrogen) atoms. The maximum Gasteiger partial charge on any atom is 0.335 e. The number of benzene rings is 3. The third-order valence-corrected chi connectivity index (χ3v) is 7.73. The van der Waals surface area contributed by atoms with E-state index in [4.69, 9.17) is 4.74 Å². The van der Waals surface area contributed by atoms with Crippen LogP contribution in [0.1, 0.15) is 33.5 Å². The van der Waals surface area contributed by atoms with Gasteiger partial charge in [-0.1, -0.05) is 6.07 Å². The highest BCUT2D eigenvalue weighted by Crippen LogP contribution is 2.41. The van der Waals surface area contributed by atoms with Gasteiger partial charge in [0.2, 0.25) is 5.91 Å². The van der Waals surface area contributed by atoms with Crippen molar-refractivity contribution in [2.45, 2.75) is 18.9 Å². The fourth-order valence-electron chi connectivity index (χ4n) is 5.62. The molecule has 0 radical (unpaired) electrons. The second kappa shape index (κ2) is 10.8. The SMILES string of the molecule is CN1C(=O)C(=C(Nc2ccc3c(c2)CCN3C(=O)CC2CNCCO2)c2ccc(F)cc2)c2ccc(C(=O)O)cc21. The van der Waals surface area contributed by atoms with Gasteiger partial charge < -0.3 is 30.3 Å². The number of carboxylic acids is 1. The standard InChI is InChI=1S/C31H29FN4O5/c1-35-26-15-20(31(39)40)4-8-24(26)28(30(35)38)29(18-2-5-21(32)6-3-18)34-22-7-9-25-19(14-22)10-12-36(25)27(37)16-23-17-33-11-13-41-23/h2-9,14-15,23,33-34H,10-13,16-17H2,1H3,(H,39,40). The molecule has 3 aromatic carbocycles. The molecule has 3 aliphatic rings. The van der Waals surface area contributed by atoms with Gasteiger partial charge in [0.1, 0.15) is 5.82 Å². The highest BCUT2D eigenvalue weighted by molar-refractivity contribution is 6.38. The summed E-state index contributed by atoms with van der Waals surface area (Å²) in [6.45, 7) is 2.62. The molecule has 1 fully saturated rings. The number of nitrogens with zero attached hydrogens (tertiary/aromatic N) is 2. The molecule has 3 N–H and O–H groups in total. The zero-order valence-corrected chi connectivity index (χ0v) is 22.4. The summed E-state index contributed by atoms with van der Waals surface area (Å²) < 4.78 is 19.5. The molecule has 10 heteroatoms. The van der Waals surface area contributed by atoms with E-state index in [2.05, 4.69) is 10.6 Å². The molecule has 3 aliphatic heterocycles. The normalized spacial score (nSPS) is 19.2. The Morgan fingerprint density at radius 3 is 2.59 bits per heavy atom. The van der Waals surface area contributed by atoms with E-state index in [1.54, 1.807) is 30.1 Å². The number of ether oxygens (including phenoxy) is 1. The van der Waals surface area contributed by atoms with Gasteiger partial charge in [-0.05, 0) is 72.1 Å². The van der Waals surface area contributed by atoms with Crippen molar-refractivity contribution in [1.82, 2.24) is 5.32 Å². The Hall–Kier alpha value is -4.54. The monoisotopic (exact) mass is 556 g/mol. The number of hydrogen-bond donors (Lipinski definition) is 3. The molecule has 9 nitrogen and oxygen atoms in total. The maximum absolute atomic E-state index is 13.8. The number of halogens is 1. The second-order valence-corrected chi connectivity index (χ2v) is 10.3. The van der Waals surface area contributed by atoms with Gasteiger partial charge in [0.15, 0.2) is 0 Å². The summed E-state index contributed by atoms with van der Waals surface area (Å²) in [4.78, 5) is 41.4. The molecule has 0 spiro atoms. The van der Waals surface area contributed by atoms with Gasteiger partial charge in [0.25, 0.3) is 5.91 Å². The van der Waals surface area contributed by atoms with Crippen LogP contribution in [0.5, 0.6) is 0 Å². The van der Waals surface area contributed by atoms with E-state index in [9.17, 15) is 23.9 Å². The first-order valence-electron chi connectivity index (χ1n) is 13.5. The fraction of sp³-hybridized carbons (Fsp3) is 0.258. The molecule has 3 heterocycles. The van der Waals surface area contributed by atoms with Gasteiger partial charge in [-0.15, -0.1) is 0 Å². The molecule has 1 atom stereocenters. The second-order valence-electron chi connectivity index (χ2n) is 10.3. The number of carboxylic acid groups (broad SMARTS) is 1. The largest absolute Gasteiger partial charge is 0.478 e. The number of carbonyl (C=O) groups excluding carboxylic acids is 2. The summed E-state index contributed by atoms with van der Waals surface area (Å²) >= 11 is 0. The van der Waals surface area contributed by atoms with Crippen LogP contribution in [0.4, 0.5) is 21.5 Å². The molecule has 1 unspecified atom stereocenters. The first-order chi connectivity index (χ1) is 19.8. The van der Waals surface area contributed by atoms with Crippen molar-refractivity contribution in [2.24, 2.45) is 0 Å². The van der Waals surface area contributed by atoms with Crippen molar-refractivity contribution in [3.05, 3.63) is 88.7 Å². The number of anilines is 3. The van der Waals surface area contributed by atoms with Crippen molar-refractivity contribution in [1.29, 1.82) is 0 Å². The summed E-state index contributed by atoms with van der Waals surface area (Å²) in [5.41, 5.74) is 5.09. The van der Waals surface area contributed by atoms with Gasteiger partial charge in [-0.25, -0.2) is 9.18 Å². The Labute approximate surface area is 236 Å². The lowest BCUT2D eigenvalue weighted by molar-refractivity contribution is -0.121. The van der Waals surface area contributed by atoms with Crippen LogP contribution in [0, 0.1) is 5.82 Å². The number of fused-ring (bicyclic) bond motifs is 2. The van der Waals surface area contributed by atoms with E-state index < -0.39 is 11.8 Å². The van der Waals surface area contributed by atoms with Crippen LogP contribution in [0.15, 0.2) is 60.7 Å². The summed E-state index contributed by atoms with van der Waals surface area (Å²) in [6.07, 6.45) is 0.861. The average Bonchev–Trinajstić information content (AvgIpc) is 3.51. The van der Waals surface area contributed by atoms with E-state index in [0.717, 1.165) is 17.8 Å². The van der Waals surface area contributed by atoms with Crippen LogP contribution in [0.25, 0.3) is 11.3 Å². The lowest BCUT2D eigenvalue weighted by Crippen LogP contribution is -2.42. The minimum Gasteiger partial charge on any atom is -0.478 e. The van der Waals surface area contributed by atoms with Crippen LogP contribution in [-0.4, -0.2) is 62.3 Å². The van der Waals surface area contributed by atoms with Crippen molar-refractivity contribution >= 4 is 46.1 Å². The Kier molecular flexibility index (Phi) is 7.02. The Morgan fingerprint density at radius 2 is 1.85 bits per heavy atom. The van der Waals surface area contributed by atoms with Crippen molar-refractivity contribution in [3.8, 4) is 0 Å². The first kappa shape index (κ1) is 26.7. The van der Waals surface area contributed by atoms with Gasteiger partial charge >= 0.3 is 5.97 Å². The van der Waals surface area contributed by atoms with Gasteiger partial charge in [-0.2, -0.15) is 0 Å². The van der Waals surface area contributed by atoms with E-state index >= 15 is 0 Å². The molecular formula is C31H29FN4O5. The number of nitrogens with one attached hydrogen (secondary N) is 2. The Bertz CT molecular complexity index is 1580. The van der Waals surface area contributed by atoms with Crippen LogP contribution < -0.4 is 20.4 Å².